The normalized spacial score (nSPS) is 30.8. The van der Waals surface area contributed by atoms with Crippen LogP contribution in [0, 0.1) is 11.8 Å². The molecule has 5 nitrogen and oxygen atoms in total. The maximum absolute atomic E-state index is 13.2. The summed E-state index contributed by atoms with van der Waals surface area (Å²) in [6.45, 7) is 0. The molecule has 5 rings (SSSR count). The number of fused-ring (bicyclic) bond motifs is 5. The molecule has 5 heteroatoms. The van der Waals surface area contributed by atoms with Crippen LogP contribution in [0.15, 0.2) is 72.8 Å². The number of Topliss-reactive ketones (excluding diaryl/α,β-unsaturated/α-hetero) is 1. The van der Waals surface area contributed by atoms with Gasteiger partial charge < -0.3 is 4.74 Å². The van der Waals surface area contributed by atoms with Crippen molar-refractivity contribution < 1.29 is 19.1 Å². The number of hydrogen-bond acceptors (Lipinski definition) is 4. The molecule has 3 aliphatic rings. The molecule has 0 aliphatic carbocycles. The molecular formula is C22H17NO4. The zero-order valence-electron chi connectivity index (χ0n) is 14.4. The van der Waals surface area contributed by atoms with Crippen LogP contribution in [0.5, 0.6) is 0 Å². The van der Waals surface area contributed by atoms with Gasteiger partial charge in [-0.3, -0.25) is 14.4 Å². The third kappa shape index (κ3) is 2.25. The molecule has 2 aromatic carbocycles. The van der Waals surface area contributed by atoms with Crippen LogP contribution in [0.3, 0.4) is 0 Å². The quantitative estimate of drug-likeness (QED) is 0.478. The number of nitrogens with zero attached hydrogens (tertiary/aromatic N) is 1. The number of para-hydroxylation sites is 1. The Balaban J connectivity index is 1.49. The van der Waals surface area contributed by atoms with E-state index >= 15 is 0 Å². The van der Waals surface area contributed by atoms with Crippen molar-refractivity contribution in [2.45, 2.75) is 18.1 Å². The Bertz CT molecular complexity index is 968. The lowest BCUT2D eigenvalue weighted by molar-refractivity contribution is -0.126. The fraction of sp³-hybridized carbons (Fsp3) is 0.227. The van der Waals surface area contributed by atoms with Crippen molar-refractivity contribution in [3.63, 3.8) is 0 Å². The largest absolute Gasteiger partial charge is 0.361 e. The minimum absolute atomic E-state index is 0.0484. The molecular weight excluding hydrogens is 342 g/mol. The number of ketones is 1. The Morgan fingerprint density at radius 1 is 0.963 bits per heavy atom. The first-order chi connectivity index (χ1) is 13.1. The molecule has 3 heterocycles. The average molecular weight is 359 g/mol. The summed E-state index contributed by atoms with van der Waals surface area (Å²) >= 11 is 0. The van der Waals surface area contributed by atoms with Crippen LogP contribution in [0.4, 0.5) is 5.69 Å². The molecule has 0 radical (unpaired) electrons. The number of carbonyl (C=O) groups excluding carboxylic acids is 3. The summed E-state index contributed by atoms with van der Waals surface area (Å²) in [7, 11) is 0. The molecule has 0 saturated carbocycles. The van der Waals surface area contributed by atoms with Crippen LogP contribution < -0.4 is 4.90 Å². The van der Waals surface area contributed by atoms with Crippen molar-refractivity contribution in [1.82, 2.24) is 0 Å². The number of rotatable bonds is 4. The fourth-order valence-electron chi connectivity index (χ4n) is 4.51. The number of carbonyl (C=O) groups is 3. The van der Waals surface area contributed by atoms with E-state index < -0.39 is 23.5 Å². The monoisotopic (exact) mass is 359 g/mol. The Hall–Kier alpha value is -3.05. The van der Waals surface area contributed by atoms with Crippen molar-refractivity contribution in [1.29, 1.82) is 0 Å². The topological polar surface area (TPSA) is 63.7 Å². The molecule has 2 aromatic rings. The first-order valence-corrected chi connectivity index (χ1v) is 8.99. The van der Waals surface area contributed by atoms with Crippen molar-refractivity contribution in [2.75, 3.05) is 4.90 Å². The Morgan fingerprint density at radius 2 is 1.63 bits per heavy atom. The molecule has 27 heavy (non-hydrogen) atoms. The van der Waals surface area contributed by atoms with Crippen LogP contribution in [0.25, 0.3) is 0 Å². The van der Waals surface area contributed by atoms with E-state index in [1.54, 1.807) is 54.6 Å². The van der Waals surface area contributed by atoms with E-state index in [9.17, 15) is 14.4 Å². The summed E-state index contributed by atoms with van der Waals surface area (Å²) in [6, 6.07) is 17.9. The zero-order valence-corrected chi connectivity index (χ0v) is 14.4. The lowest BCUT2D eigenvalue weighted by Crippen LogP contribution is -2.42. The molecule has 0 spiro atoms. The Morgan fingerprint density at radius 3 is 2.33 bits per heavy atom. The van der Waals surface area contributed by atoms with Gasteiger partial charge in [0.1, 0.15) is 5.60 Å². The van der Waals surface area contributed by atoms with Crippen LogP contribution in [0.1, 0.15) is 16.8 Å². The number of hydrogen-bond donors (Lipinski definition) is 0. The highest BCUT2D eigenvalue weighted by Gasteiger charge is 2.68. The Labute approximate surface area is 156 Å². The van der Waals surface area contributed by atoms with Crippen LogP contribution >= 0.6 is 0 Å². The van der Waals surface area contributed by atoms with Gasteiger partial charge in [-0.05, 0) is 12.1 Å². The summed E-state index contributed by atoms with van der Waals surface area (Å²) in [5.41, 5.74) is 0.0942. The minimum Gasteiger partial charge on any atom is -0.361 e. The summed E-state index contributed by atoms with van der Waals surface area (Å²) in [5, 5.41) is 0. The molecule has 4 atom stereocenters. The van der Waals surface area contributed by atoms with Crippen LogP contribution in [-0.2, 0) is 14.3 Å². The van der Waals surface area contributed by atoms with Gasteiger partial charge in [-0.1, -0.05) is 60.7 Å². The molecule has 2 bridgehead atoms. The summed E-state index contributed by atoms with van der Waals surface area (Å²) in [6.07, 6.45) is 3.22. The van der Waals surface area contributed by atoms with Crippen molar-refractivity contribution in [3.8, 4) is 0 Å². The highest BCUT2D eigenvalue weighted by Crippen LogP contribution is 2.54. The van der Waals surface area contributed by atoms with Crippen molar-refractivity contribution >= 4 is 23.3 Å². The number of ether oxygens (including phenoxy) is 1. The second kappa shape index (κ2) is 5.72. The van der Waals surface area contributed by atoms with Crippen molar-refractivity contribution in [3.05, 3.63) is 78.4 Å². The second-order valence-corrected chi connectivity index (χ2v) is 7.21. The van der Waals surface area contributed by atoms with E-state index in [-0.39, 0.29) is 24.0 Å². The minimum atomic E-state index is -1.04. The first kappa shape index (κ1) is 16.1. The fourth-order valence-corrected chi connectivity index (χ4v) is 4.51. The zero-order chi connectivity index (χ0) is 18.6. The highest BCUT2D eigenvalue weighted by molar-refractivity contribution is 6.23. The van der Waals surface area contributed by atoms with E-state index in [4.69, 9.17) is 4.74 Å². The summed E-state index contributed by atoms with van der Waals surface area (Å²) in [5.74, 6) is -1.86. The second-order valence-electron chi connectivity index (χ2n) is 7.21. The Kier molecular flexibility index (Phi) is 3.42. The average Bonchev–Trinajstić information content (AvgIpc) is 3.33. The number of imide groups is 1. The molecule has 134 valence electrons. The molecule has 2 amide bonds. The lowest BCUT2D eigenvalue weighted by Gasteiger charge is -2.28. The van der Waals surface area contributed by atoms with E-state index in [0.717, 1.165) is 0 Å². The SMILES string of the molecule is O=C(C[C@]12C=C[C@H](O1)[C@H]1C(=O)N(c3ccccc3)C(=O)[C@@H]12)c1ccccc1. The summed E-state index contributed by atoms with van der Waals surface area (Å²) < 4.78 is 6.04. The molecule has 0 N–H and O–H groups in total. The number of anilines is 1. The molecule has 0 unspecified atom stereocenters. The van der Waals surface area contributed by atoms with E-state index in [1.807, 2.05) is 18.2 Å². The smallest absolute Gasteiger partial charge is 0.241 e. The third-order valence-electron chi connectivity index (χ3n) is 5.70. The van der Waals surface area contributed by atoms with Gasteiger partial charge >= 0.3 is 0 Å². The van der Waals surface area contributed by atoms with Gasteiger partial charge in [0, 0.05) is 12.0 Å². The molecule has 3 aliphatic heterocycles. The van der Waals surface area contributed by atoms with E-state index in [0.29, 0.717) is 11.3 Å². The number of amides is 2. The van der Waals surface area contributed by atoms with Gasteiger partial charge in [0.05, 0.1) is 23.6 Å². The third-order valence-corrected chi connectivity index (χ3v) is 5.70. The standard InChI is InChI=1S/C22H17NO4/c24-16(14-7-3-1-4-8-14)13-22-12-11-17(27-22)18-19(22)21(26)23(20(18)25)15-9-5-2-6-10-15/h1-12,17-19H,13H2/t17-,18+,19+,22-/m0/s1. The molecule has 2 saturated heterocycles. The molecule has 2 fully saturated rings. The summed E-state index contributed by atoms with van der Waals surface area (Å²) in [4.78, 5) is 40.2. The van der Waals surface area contributed by atoms with Crippen molar-refractivity contribution in [2.24, 2.45) is 11.8 Å². The maximum atomic E-state index is 13.2. The van der Waals surface area contributed by atoms with Gasteiger partial charge in [-0.15, -0.1) is 0 Å². The molecule has 0 aromatic heterocycles. The van der Waals surface area contributed by atoms with E-state index in [2.05, 4.69) is 0 Å². The predicted molar refractivity (Wildman–Crippen MR) is 98.0 cm³/mol. The maximum Gasteiger partial charge on any atom is 0.241 e. The number of benzene rings is 2. The lowest BCUT2D eigenvalue weighted by atomic mass is 9.74. The van der Waals surface area contributed by atoms with E-state index in [1.165, 1.54) is 4.90 Å². The first-order valence-electron chi connectivity index (χ1n) is 8.99. The van der Waals surface area contributed by atoms with Crippen LogP contribution in [-0.4, -0.2) is 29.3 Å². The van der Waals surface area contributed by atoms with Gasteiger partial charge in [0.15, 0.2) is 5.78 Å². The van der Waals surface area contributed by atoms with Gasteiger partial charge in [0.2, 0.25) is 11.8 Å². The van der Waals surface area contributed by atoms with Gasteiger partial charge in [-0.25, -0.2) is 4.90 Å². The van der Waals surface area contributed by atoms with Gasteiger partial charge in [0.25, 0.3) is 0 Å². The highest BCUT2D eigenvalue weighted by atomic mass is 16.5. The predicted octanol–water partition coefficient (Wildman–Crippen LogP) is 2.77. The van der Waals surface area contributed by atoms with Gasteiger partial charge in [-0.2, -0.15) is 0 Å². The van der Waals surface area contributed by atoms with Crippen LogP contribution in [0.2, 0.25) is 0 Å².